The van der Waals surface area contributed by atoms with E-state index in [1.807, 2.05) is 16.7 Å². The van der Waals surface area contributed by atoms with E-state index in [1.54, 1.807) is 0 Å². The van der Waals surface area contributed by atoms with Crippen LogP contribution >= 0.6 is 11.8 Å². The lowest BCUT2D eigenvalue weighted by Gasteiger charge is -2.40. The molecule has 2 aromatic rings. The Morgan fingerprint density at radius 2 is 2.09 bits per heavy atom. The number of H-pyrrole nitrogens is 1. The molecule has 1 aromatic heterocycles. The number of hydrogen-bond donors (Lipinski definition) is 1. The molecule has 2 unspecified atom stereocenters. The Bertz CT molecular complexity index is 1010. The number of thioether (sulfide) groups is 1. The van der Waals surface area contributed by atoms with Gasteiger partial charge in [-0.1, -0.05) is 25.1 Å². The normalized spacial score (nSPS) is 26.7. The van der Waals surface area contributed by atoms with Gasteiger partial charge < -0.3 is 14.7 Å². The second-order valence-corrected chi connectivity index (χ2v) is 10.6. The fourth-order valence-corrected chi connectivity index (χ4v) is 6.53. The number of carbonyl (C=O) groups is 2. The predicted octanol–water partition coefficient (Wildman–Crippen LogP) is 4.23. The number of carbonyl (C=O) groups excluding carboxylic acids is 2. The highest BCUT2D eigenvalue weighted by atomic mass is 32.2. The Morgan fingerprint density at radius 1 is 1.31 bits per heavy atom. The number of nitrogens with zero attached hydrogens (tertiary/aromatic N) is 2. The average Bonchev–Trinajstić information content (AvgIpc) is 3.42. The summed E-state index contributed by atoms with van der Waals surface area (Å²) in [4.78, 5) is 30.8. The standard InChI is InChI=1S/C20H25N3O.C6H10OS/c1-4-23(5-2)20(24)14-9-16-15-7-6-8-17-19(15)13(11-21-17)10-18(16)22(3)12-14;1-5-6(4-7)2-3-8-5/h6-9,11,14,18,21H,4-5,10,12H2,1-3H3;4-6H,2-3H2,1H3/t14-,18-;/m1./s1. The number of rotatable bonds is 4. The van der Waals surface area contributed by atoms with Crippen molar-refractivity contribution in [3.05, 3.63) is 41.6 Å². The molecule has 1 amide bonds. The molecule has 5 rings (SSSR count). The zero-order valence-corrected chi connectivity index (χ0v) is 20.5. The summed E-state index contributed by atoms with van der Waals surface area (Å²) in [6, 6.07) is 6.82. The molecule has 3 aliphatic rings. The third-order valence-electron chi connectivity index (χ3n) is 7.27. The van der Waals surface area contributed by atoms with Crippen LogP contribution in [-0.2, 0) is 16.0 Å². The number of fused-ring (bicyclic) bond motifs is 2. The van der Waals surface area contributed by atoms with E-state index in [4.69, 9.17) is 0 Å². The quantitative estimate of drug-likeness (QED) is 0.704. The number of benzene rings is 1. The van der Waals surface area contributed by atoms with Crippen LogP contribution in [-0.4, -0.2) is 70.7 Å². The third kappa shape index (κ3) is 4.27. The maximum absolute atomic E-state index is 12.9. The van der Waals surface area contributed by atoms with Crippen LogP contribution < -0.4 is 0 Å². The highest BCUT2D eigenvalue weighted by molar-refractivity contribution is 8.00. The monoisotopic (exact) mass is 453 g/mol. The van der Waals surface area contributed by atoms with E-state index in [0.29, 0.717) is 17.2 Å². The molecule has 1 fully saturated rings. The molecule has 0 saturated carbocycles. The van der Waals surface area contributed by atoms with Crippen molar-refractivity contribution in [3.8, 4) is 0 Å². The molecule has 172 valence electrons. The summed E-state index contributed by atoms with van der Waals surface area (Å²) in [5, 5.41) is 1.91. The number of hydrogen-bond acceptors (Lipinski definition) is 4. The summed E-state index contributed by atoms with van der Waals surface area (Å²) in [6.45, 7) is 8.59. The van der Waals surface area contributed by atoms with Gasteiger partial charge in [0, 0.05) is 53.9 Å². The molecule has 32 heavy (non-hydrogen) atoms. The minimum absolute atomic E-state index is 0.0445. The first-order chi connectivity index (χ1) is 15.5. The number of amides is 1. The van der Waals surface area contributed by atoms with E-state index < -0.39 is 0 Å². The Kier molecular flexibility index (Phi) is 7.11. The van der Waals surface area contributed by atoms with Crippen molar-refractivity contribution < 1.29 is 9.59 Å². The molecule has 1 saturated heterocycles. The first kappa shape index (κ1) is 23.1. The lowest BCUT2D eigenvalue weighted by molar-refractivity contribution is -0.134. The zero-order chi connectivity index (χ0) is 22.8. The van der Waals surface area contributed by atoms with E-state index in [0.717, 1.165) is 38.8 Å². The van der Waals surface area contributed by atoms with E-state index in [2.05, 4.69) is 68.2 Å². The summed E-state index contributed by atoms with van der Waals surface area (Å²) < 4.78 is 0. The van der Waals surface area contributed by atoms with Crippen molar-refractivity contribution in [2.24, 2.45) is 11.8 Å². The summed E-state index contributed by atoms with van der Waals surface area (Å²) in [7, 11) is 2.15. The van der Waals surface area contributed by atoms with Crippen LogP contribution in [0.25, 0.3) is 16.5 Å². The van der Waals surface area contributed by atoms with Gasteiger partial charge in [-0.05, 0) is 62.3 Å². The van der Waals surface area contributed by atoms with Crippen molar-refractivity contribution in [3.63, 3.8) is 0 Å². The molecule has 4 atom stereocenters. The van der Waals surface area contributed by atoms with Crippen LogP contribution in [0.5, 0.6) is 0 Å². The van der Waals surface area contributed by atoms with Gasteiger partial charge in [0.2, 0.25) is 5.91 Å². The molecule has 3 heterocycles. The van der Waals surface area contributed by atoms with Crippen molar-refractivity contribution in [2.75, 3.05) is 32.4 Å². The van der Waals surface area contributed by atoms with Gasteiger partial charge in [-0.3, -0.25) is 9.69 Å². The molecule has 0 radical (unpaired) electrons. The minimum atomic E-state index is -0.0445. The van der Waals surface area contributed by atoms with E-state index >= 15 is 0 Å². The summed E-state index contributed by atoms with van der Waals surface area (Å²) in [5.41, 5.74) is 5.21. The van der Waals surface area contributed by atoms with Crippen LogP contribution in [0.15, 0.2) is 30.5 Å². The van der Waals surface area contributed by atoms with Gasteiger partial charge in [-0.2, -0.15) is 11.8 Å². The molecule has 1 N–H and O–H groups in total. The molecular formula is C26H35N3O2S. The van der Waals surface area contributed by atoms with Crippen LogP contribution in [0.4, 0.5) is 0 Å². The summed E-state index contributed by atoms with van der Waals surface area (Å²) in [6.07, 6.45) is 7.59. The maximum atomic E-state index is 12.9. The highest BCUT2D eigenvalue weighted by Crippen LogP contribution is 2.41. The van der Waals surface area contributed by atoms with E-state index in [-0.39, 0.29) is 11.8 Å². The average molecular weight is 454 g/mol. The van der Waals surface area contributed by atoms with Crippen LogP contribution in [0, 0.1) is 11.8 Å². The zero-order valence-electron chi connectivity index (χ0n) is 19.6. The lowest BCUT2D eigenvalue weighted by atomic mass is 9.79. The van der Waals surface area contributed by atoms with Crippen LogP contribution in [0.3, 0.4) is 0 Å². The summed E-state index contributed by atoms with van der Waals surface area (Å²) in [5.74, 6) is 1.73. The SMILES string of the molecule is CC1SCCC1C=O.CCN(CC)C(=O)[C@@H]1C=C2c3cccc4[nH]cc(c34)C[C@H]2N(C)C1. The second kappa shape index (κ2) is 9.84. The van der Waals surface area contributed by atoms with Gasteiger partial charge in [0.05, 0.1) is 5.92 Å². The van der Waals surface area contributed by atoms with Crippen molar-refractivity contribution in [2.45, 2.75) is 44.9 Å². The fourth-order valence-electron chi connectivity index (χ4n) is 5.30. The first-order valence-electron chi connectivity index (χ1n) is 11.8. The molecule has 0 bridgehead atoms. The molecule has 2 aliphatic heterocycles. The largest absolute Gasteiger partial charge is 0.361 e. The number of nitrogens with one attached hydrogen (secondary N) is 1. The van der Waals surface area contributed by atoms with Gasteiger partial charge >= 0.3 is 0 Å². The number of aromatic amines is 1. The number of aromatic nitrogens is 1. The lowest BCUT2D eigenvalue weighted by Crippen LogP contribution is -2.47. The Balaban J connectivity index is 0.000000260. The van der Waals surface area contributed by atoms with Gasteiger partial charge in [-0.15, -0.1) is 0 Å². The Labute approximate surface area is 195 Å². The second-order valence-electron chi connectivity index (χ2n) is 9.11. The topological polar surface area (TPSA) is 56.4 Å². The van der Waals surface area contributed by atoms with E-state index in [9.17, 15) is 9.59 Å². The molecular weight excluding hydrogens is 418 g/mol. The molecule has 6 heteroatoms. The third-order valence-corrected chi connectivity index (χ3v) is 8.62. The van der Waals surface area contributed by atoms with Crippen LogP contribution in [0.1, 0.15) is 38.3 Å². The van der Waals surface area contributed by atoms with Crippen molar-refractivity contribution in [1.82, 2.24) is 14.8 Å². The molecule has 1 aromatic carbocycles. The molecule has 0 spiro atoms. The number of aldehydes is 1. The maximum Gasteiger partial charge on any atom is 0.230 e. The summed E-state index contributed by atoms with van der Waals surface area (Å²) >= 11 is 1.90. The van der Waals surface area contributed by atoms with E-state index in [1.165, 1.54) is 33.4 Å². The molecule has 5 nitrogen and oxygen atoms in total. The fraction of sp³-hybridized carbons (Fsp3) is 0.538. The predicted molar refractivity (Wildman–Crippen MR) is 134 cm³/mol. The van der Waals surface area contributed by atoms with Gasteiger partial charge in [0.15, 0.2) is 0 Å². The Morgan fingerprint density at radius 3 is 2.72 bits per heavy atom. The van der Waals surface area contributed by atoms with Crippen molar-refractivity contribution in [1.29, 1.82) is 0 Å². The first-order valence-corrected chi connectivity index (χ1v) is 12.9. The number of likely N-dealkylation sites (N-methyl/N-ethyl adjacent to an activating group) is 1. The van der Waals surface area contributed by atoms with Gasteiger partial charge in [-0.25, -0.2) is 0 Å². The van der Waals surface area contributed by atoms with Crippen molar-refractivity contribution >= 4 is 40.4 Å². The highest BCUT2D eigenvalue weighted by Gasteiger charge is 2.36. The molecule has 1 aliphatic carbocycles. The van der Waals surface area contributed by atoms with Crippen LogP contribution in [0.2, 0.25) is 0 Å². The minimum Gasteiger partial charge on any atom is -0.361 e. The van der Waals surface area contributed by atoms with Gasteiger partial charge in [0.25, 0.3) is 0 Å². The smallest absolute Gasteiger partial charge is 0.230 e. The Hall–Kier alpha value is -2.05. The van der Waals surface area contributed by atoms with Gasteiger partial charge in [0.1, 0.15) is 6.29 Å².